The van der Waals surface area contributed by atoms with Gasteiger partial charge in [0.2, 0.25) is 5.91 Å². The first kappa shape index (κ1) is 24.0. The summed E-state index contributed by atoms with van der Waals surface area (Å²) in [5.41, 5.74) is 0. The summed E-state index contributed by atoms with van der Waals surface area (Å²) < 4.78 is 6.06. The average molecular weight is 409 g/mol. The summed E-state index contributed by atoms with van der Waals surface area (Å²) in [5, 5.41) is 6.92. The highest BCUT2D eigenvalue weighted by Crippen LogP contribution is 2.20. The molecular formula is C23H44N4O2. The molecular weight excluding hydrogens is 364 g/mol. The van der Waals surface area contributed by atoms with E-state index >= 15 is 0 Å². The zero-order valence-electron chi connectivity index (χ0n) is 19.0. The highest BCUT2D eigenvalue weighted by atomic mass is 16.5. The highest BCUT2D eigenvalue weighted by molar-refractivity contribution is 5.80. The van der Waals surface area contributed by atoms with Crippen molar-refractivity contribution >= 4 is 11.9 Å². The molecule has 1 aliphatic carbocycles. The third-order valence-corrected chi connectivity index (χ3v) is 6.34. The number of aliphatic imine (C=N–C) groups is 1. The maximum atomic E-state index is 12.6. The maximum Gasteiger partial charge on any atom is 0.225 e. The van der Waals surface area contributed by atoms with Crippen molar-refractivity contribution in [2.24, 2.45) is 10.9 Å². The number of hydrogen-bond donors (Lipinski definition) is 2. The fourth-order valence-electron chi connectivity index (χ4n) is 4.44. The lowest BCUT2D eigenvalue weighted by Gasteiger charge is -2.34. The monoisotopic (exact) mass is 408 g/mol. The summed E-state index contributed by atoms with van der Waals surface area (Å²) in [6.45, 7) is 10.2. The summed E-state index contributed by atoms with van der Waals surface area (Å²) >= 11 is 0. The molecule has 0 spiro atoms. The first-order valence-corrected chi connectivity index (χ1v) is 12.1. The van der Waals surface area contributed by atoms with Crippen LogP contribution >= 0.6 is 0 Å². The second-order valence-corrected chi connectivity index (χ2v) is 8.50. The summed E-state index contributed by atoms with van der Waals surface area (Å²) in [6, 6.07) is 0.376. The largest absolute Gasteiger partial charge is 0.376 e. The Morgan fingerprint density at radius 1 is 1.03 bits per heavy atom. The number of amides is 1. The molecule has 2 N–H and O–H groups in total. The zero-order chi connectivity index (χ0) is 20.9. The predicted molar refractivity (Wildman–Crippen MR) is 120 cm³/mol. The molecule has 6 heteroatoms. The van der Waals surface area contributed by atoms with Gasteiger partial charge in [0.05, 0.1) is 19.3 Å². The molecule has 0 bridgehead atoms. The van der Waals surface area contributed by atoms with Crippen molar-refractivity contribution in [2.45, 2.75) is 97.1 Å². The minimum absolute atomic E-state index is 0.187. The van der Waals surface area contributed by atoms with Crippen LogP contribution in [0, 0.1) is 5.92 Å². The lowest BCUT2D eigenvalue weighted by atomic mass is 9.98. The minimum Gasteiger partial charge on any atom is -0.376 e. The Kier molecular flexibility index (Phi) is 11.4. The Bertz CT molecular complexity index is 477. The quantitative estimate of drug-likeness (QED) is 0.264. The summed E-state index contributed by atoms with van der Waals surface area (Å²) in [4.78, 5) is 19.3. The van der Waals surface area contributed by atoms with Crippen LogP contribution in [0.4, 0.5) is 0 Å². The van der Waals surface area contributed by atoms with Crippen LogP contribution in [-0.2, 0) is 9.53 Å². The molecule has 6 nitrogen and oxygen atoms in total. The molecule has 2 rings (SSSR count). The number of likely N-dealkylation sites (tertiary alicyclic amines) is 1. The van der Waals surface area contributed by atoms with Crippen molar-refractivity contribution in [1.29, 1.82) is 0 Å². The Morgan fingerprint density at radius 2 is 1.69 bits per heavy atom. The van der Waals surface area contributed by atoms with E-state index in [9.17, 15) is 4.79 Å². The number of rotatable bonds is 9. The van der Waals surface area contributed by atoms with E-state index in [0.717, 1.165) is 51.3 Å². The second kappa shape index (κ2) is 13.8. The number of nitrogens with one attached hydrogen (secondary N) is 2. The Balaban J connectivity index is 1.72. The number of carbonyl (C=O) groups is 1. The number of guanidine groups is 1. The van der Waals surface area contributed by atoms with Gasteiger partial charge in [-0.05, 0) is 45.4 Å². The molecule has 1 saturated heterocycles. The van der Waals surface area contributed by atoms with E-state index in [-0.39, 0.29) is 5.92 Å². The van der Waals surface area contributed by atoms with Gasteiger partial charge < -0.3 is 20.3 Å². The van der Waals surface area contributed by atoms with E-state index < -0.39 is 0 Å². The summed E-state index contributed by atoms with van der Waals surface area (Å²) in [6.07, 6.45) is 12.0. The van der Waals surface area contributed by atoms with Crippen molar-refractivity contribution in [1.82, 2.24) is 15.5 Å². The lowest BCUT2D eigenvalue weighted by molar-refractivity contribution is -0.136. The van der Waals surface area contributed by atoms with Crippen LogP contribution in [0.15, 0.2) is 4.99 Å². The van der Waals surface area contributed by atoms with Crippen LogP contribution in [0.1, 0.15) is 85.0 Å². The van der Waals surface area contributed by atoms with E-state index in [1.165, 1.54) is 38.5 Å². The first-order chi connectivity index (χ1) is 14.2. The number of carbonyl (C=O) groups excluding carboxylic acids is 1. The fourth-order valence-corrected chi connectivity index (χ4v) is 4.44. The summed E-state index contributed by atoms with van der Waals surface area (Å²) in [7, 11) is 0. The second-order valence-electron chi connectivity index (χ2n) is 8.50. The molecule has 1 saturated carbocycles. The predicted octanol–water partition coefficient (Wildman–Crippen LogP) is 3.71. The number of hydrogen-bond acceptors (Lipinski definition) is 3. The van der Waals surface area contributed by atoms with Gasteiger partial charge >= 0.3 is 0 Å². The van der Waals surface area contributed by atoms with Crippen molar-refractivity contribution in [2.75, 3.05) is 32.8 Å². The molecule has 1 heterocycles. The minimum atomic E-state index is 0.187. The van der Waals surface area contributed by atoms with E-state index in [4.69, 9.17) is 9.73 Å². The van der Waals surface area contributed by atoms with Gasteiger partial charge in [-0.25, -0.2) is 0 Å². The van der Waals surface area contributed by atoms with E-state index in [1.807, 2.05) is 0 Å². The van der Waals surface area contributed by atoms with Crippen molar-refractivity contribution in [3.63, 3.8) is 0 Å². The molecule has 0 radical (unpaired) electrons. The number of nitrogens with zero attached hydrogens (tertiary/aromatic N) is 2. The summed E-state index contributed by atoms with van der Waals surface area (Å²) in [5.74, 6) is 1.40. The molecule has 0 aromatic heterocycles. The molecule has 2 fully saturated rings. The number of ether oxygens (including phenoxy) is 1. The first-order valence-electron chi connectivity index (χ1n) is 12.1. The topological polar surface area (TPSA) is 66.0 Å². The third kappa shape index (κ3) is 8.53. The van der Waals surface area contributed by atoms with Crippen LogP contribution < -0.4 is 10.6 Å². The van der Waals surface area contributed by atoms with Crippen molar-refractivity contribution in [3.05, 3.63) is 0 Å². The van der Waals surface area contributed by atoms with E-state index in [0.29, 0.717) is 31.2 Å². The standard InChI is InChI=1S/C23H44N4O2/c1-4-19(5-2)22(28)27-16-13-20(14-17-27)26-23(24-6-3)25-15-18-29-21-11-9-7-8-10-12-21/h19-21H,4-18H2,1-3H3,(H2,24,25,26). The van der Waals surface area contributed by atoms with Gasteiger partial charge in [-0.1, -0.05) is 39.5 Å². The fraction of sp³-hybridized carbons (Fsp3) is 0.913. The highest BCUT2D eigenvalue weighted by Gasteiger charge is 2.26. The third-order valence-electron chi connectivity index (χ3n) is 6.34. The van der Waals surface area contributed by atoms with Crippen LogP contribution in [0.3, 0.4) is 0 Å². The molecule has 1 amide bonds. The molecule has 0 aromatic carbocycles. The van der Waals surface area contributed by atoms with Crippen molar-refractivity contribution in [3.8, 4) is 0 Å². The van der Waals surface area contributed by atoms with Crippen LogP contribution in [-0.4, -0.2) is 61.7 Å². The lowest BCUT2D eigenvalue weighted by Crippen LogP contribution is -2.50. The molecule has 0 aromatic rings. The van der Waals surface area contributed by atoms with Crippen LogP contribution in [0.2, 0.25) is 0 Å². The van der Waals surface area contributed by atoms with Gasteiger partial charge in [-0.2, -0.15) is 0 Å². The van der Waals surface area contributed by atoms with Crippen LogP contribution in [0.25, 0.3) is 0 Å². The number of piperidine rings is 1. The average Bonchev–Trinajstić information content (AvgIpc) is 3.01. The van der Waals surface area contributed by atoms with Gasteiger partial charge in [0.1, 0.15) is 0 Å². The van der Waals surface area contributed by atoms with Gasteiger partial charge in [-0.3, -0.25) is 9.79 Å². The molecule has 2 aliphatic rings. The van der Waals surface area contributed by atoms with Gasteiger partial charge in [-0.15, -0.1) is 0 Å². The molecule has 168 valence electrons. The molecule has 0 atom stereocenters. The Labute approximate surface area is 178 Å². The van der Waals surface area contributed by atoms with Gasteiger partial charge in [0, 0.05) is 31.6 Å². The molecule has 1 aliphatic heterocycles. The smallest absolute Gasteiger partial charge is 0.225 e. The van der Waals surface area contributed by atoms with Gasteiger partial charge in [0.25, 0.3) is 0 Å². The molecule has 29 heavy (non-hydrogen) atoms. The van der Waals surface area contributed by atoms with Gasteiger partial charge in [0.15, 0.2) is 5.96 Å². The Morgan fingerprint density at radius 3 is 2.28 bits per heavy atom. The normalized spacial score (nSPS) is 20.0. The van der Waals surface area contributed by atoms with Crippen LogP contribution in [0.5, 0.6) is 0 Å². The zero-order valence-corrected chi connectivity index (χ0v) is 19.0. The maximum absolute atomic E-state index is 12.6. The van der Waals surface area contributed by atoms with E-state index in [2.05, 4.69) is 36.3 Å². The Hall–Kier alpha value is -1.30. The van der Waals surface area contributed by atoms with E-state index in [1.54, 1.807) is 0 Å². The SMILES string of the molecule is CCNC(=NCCOC1CCCCCC1)NC1CCN(C(=O)C(CC)CC)CC1. The van der Waals surface area contributed by atoms with Crippen molar-refractivity contribution < 1.29 is 9.53 Å². The molecule has 0 unspecified atom stereocenters.